The van der Waals surface area contributed by atoms with E-state index in [1.807, 2.05) is 0 Å². The average molecular weight is 331 g/mol. The third-order valence-corrected chi connectivity index (χ3v) is 6.02. The summed E-state index contributed by atoms with van der Waals surface area (Å²) in [6.45, 7) is 9.03. The van der Waals surface area contributed by atoms with Crippen molar-refractivity contribution in [3.05, 3.63) is 0 Å². The fraction of sp³-hybridized carbons (Fsp3) is 1.00. The van der Waals surface area contributed by atoms with Gasteiger partial charge in [-0.25, -0.2) is 0 Å². The molecule has 0 bridgehead atoms. The fourth-order valence-electron chi connectivity index (χ4n) is 3.45. The van der Waals surface area contributed by atoms with E-state index < -0.39 is 0 Å². The van der Waals surface area contributed by atoms with Crippen molar-refractivity contribution in [3.63, 3.8) is 0 Å². The Hall–Kier alpha value is 0.290. The summed E-state index contributed by atoms with van der Waals surface area (Å²) in [6, 6.07) is 0. The van der Waals surface area contributed by atoms with Gasteiger partial charge in [0.2, 0.25) is 0 Å². The molecular formula is C21H43Cl. The van der Waals surface area contributed by atoms with Crippen molar-refractivity contribution in [2.24, 2.45) is 5.92 Å². The molecule has 0 aliphatic heterocycles. The van der Waals surface area contributed by atoms with Crippen molar-refractivity contribution in [3.8, 4) is 0 Å². The minimum Gasteiger partial charge on any atom is -0.119 e. The molecule has 0 heterocycles. The molecule has 0 aromatic heterocycles. The Bertz CT molecular complexity index is 222. The Morgan fingerprint density at radius 1 is 0.682 bits per heavy atom. The number of unbranched alkanes of at least 4 members (excludes halogenated alkanes) is 11. The highest BCUT2D eigenvalue weighted by Crippen LogP contribution is 2.34. The highest BCUT2D eigenvalue weighted by Gasteiger charge is 2.27. The Labute approximate surface area is 146 Å². The number of hydrogen-bond donors (Lipinski definition) is 0. The Morgan fingerprint density at radius 2 is 1.09 bits per heavy atom. The molecule has 0 aromatic rings. The molecule has 0 spiro atoms. The molecule has 0 aliphatic carbocycles. The lowest BCUT2D eigenvalue weighted by atomic mass is 9.84. The summed E-state index contributed by atoms with van der Waals surface area (Å²) in [5.74, 6) is 0.697. The molecule has 0 saturated carbocycles. The Balaban J connectivity index is 3.36. The zero-order chi connectivity index (χ0) is 16.7. The van der Waals surface area contributed by atoms with Gasteiger partial charge in [0, 0.05) is 4.87 Å². The van der Waals surface area contributed by atoms with Gasteiger partial charge in [-0.15, -0.1) is 11.6 Å². The Morgan fingerprint density at radius 3 is 1.45 bits per heavy atom. The summed E-state index contributed by atoms with van der Waals surface area (Å²) in [7, 11) is 0. The van der Waals surface area contributed by atoms with Gasteiger partial charge in [-0.05, 0) is 25.7 Å². The molecule has 0 amide bonds. The zero-order valence-corrected chi connectivity index (χ0v) is 16.8. The first-order valence-corrected chi connectivity index (χ1v) is 10.6. The average Bonchev–Trinajstić information content (AvgIpc) is 2.51. The van der Waals surface area contributed by atoms with Crippen molar-refractivity contribution in [1.29, 1.82) is 0 Å². The third-order valence-electron chi connectivity index (χ3n) is 5.44. The van der Waals surface area contributed by atoms with E-state index in [0.717, 1.165) is 6.42 Å². The van der Waals surface area contributed by atoms with Crippen LogP contribution in [0.1, 0.15) is 124 Å². The fourth-order valence-corrected chi connectivity index (χ4v) is 3.71. The first kappa shape index (κ1) is 22.3. The van der Waals surface area contributed by atoms with Crippen molar-refractivity contribution in [2.75, 3.05) is 0 Å². The first-order chi connectivity index (χ1) is 10.6. The molecule has 0 nitrogen and oxygen atoms in total. The molecular weight excluding hydrogens is 288 g/mol. The first-order valence-electron chi connectivity index (χ1n) is 10.3. The van der Waals surface area contributed by atoms with E-state index in [2.05, 4.69) is 27.7 Å². The second-order valence-corrected chi connectivity index (χ2v) is 8.28. The van der Waals surface area contributed by atoms with Gasteiger partial charge in [0.25, 0.3) is 0 Å². The predicted octanol–water partition coefficient (Wildman–Crippen LogP) is 8.51. The number of alkyl halides is 1. The van der Waals surface area contributed by atoms with Crippen LogP contribution in [0.5, 0.6) is 0 Å². The molecule has 2 atom stereocenters. The normalized spacial score (nSPS) is 15.7. The van der Waals surface area contributed by atoms with Gasteiger partial charge < -0.3 is 0 Å². The molecule has 0 rings (SSSR count). The molecule has 0 aromatic carbocycles. The molecule has 0 N–H and O–H groups in total. The highest BCUT2D eigenvalue weighted by molar-refractivity contribution is 6.23. The largest absolute Gasteiger partial charge is 0.119 e. The number of halogens is 1. The quantitative estimate of drug-likeness (QED) is 0.196. The van der Waals surface area contributed by atoms with E-state index >= 15 is 0 Å². The minimum absolute atomic E-state index is 0.0204. The molecule has 0 radical (unpaired) electrons. The lowest BCUT2D eigenvalue weighted by Crippen LogP contribution is -2.27. The van der Waals surface area contributed by atoms with E-state index in [1.54, 1.807) is 0 Å². The van der Waals surface area contributed by atoms with Crippen molar-refractivity contribution in [2.45, 2.75) is 129 Å². The summed E-state index contributed by atoms with van der Waals surface area (Å²) in [5.41, 5.74) is 0. The maximum atomic E-state index is 6.63. The molecule has 134 valence electrons. The van der Waals surface area contributed by atoms with Crippen LogP contribution in [-0.2, 0) is 0 Å². The lowest BCUT2D eigenvalue weighted by molar-refractivity contribution is 0.333. The van der Waals surface area contributed by atoms with Crippen LogP contribution >= 0.6 is 11.6 Å². The second kappa shape index (κ2) is 14.9. The van der Waals surface area contributed by atoms with E-state index in [4.69, 9.17) is 11.6 Å². The lowest BCUT2D eigenvalue weighted by Gasteiger charge is -2.30. The summed E-state index contributed by atoms with van der Waals surface area (Å²) in [5, 5.41) is 0. The molecule has 0 saturated heterocycles. The summed E-state index contributed by atoms with van der Waals surface area (Å²) >= 11 is 6.63. The smallest absolute Gasteiger partial charge is 0.0444 e. The minimum atomic E-state index is 0.0204. The summed E-state index contributed by atoms with van der Waals surface area (Å²) in [6.07, 6.45) is 20.8. The molecule has 2 unspecified atom stereocenters. The van der Waals surface area contributed by atoms with Crippen LogP contribution in [0, 0.1) is 5.92 Å². The molecule has 0 aliphatic rings. The van der Waals surface area contributed by atoms with Gasteiger partial charge in [-0.1, -0.05) is 104 Å². The van der Waals surface area contributed by atoms with Crippen LogP contribution in [0.4, 0.5) is 0 Å². The monoisotopic (exact) mass is 330 g/mol. The van der Waals surface area contributed by atoms with Gasteiger partial charge in [0.15, 0.2) is 0 Å². The van der Waals surface area contributed by atoms with Crippen LogP contribution in [0.2, 0.25) is 0 Å². The van der Waals surface area contributed by atoms with E-state index in [-0.39, 0.29) is 4.87 Å². The van der Waals surface area contributed by atoms with Gasteiger partial charge in [-0.3, -0.25) is 0 Å². The maximum absolute atomic E-state index is 6.63. The molecule has 22 heavy (non-hydrogen) atoms. The van der Waals surface area contributed by atoms with Crippen LogP contribution < -0.4 is 0 Å². The summed E-state index contributed by atoms with van der Waals surface area (Å²) in [4.78, 5) is 0.0204. The molecule has 1 heteroatoms. The zero-order valence-electron chi connectivity index (χ0n) is 16.1. The van der Waals surface area contributed by atoms with Crippen molar-refractivity contribution in [1.82, 2.24) is 0 Å². The van der Waals surface area contributed by atoms with Crippen molar-refractivity contribution < 1.29 is 0 Å². The van der Waals surface area contributed by atoms with Gasteiger partial charge in [0.05, 0.1) is 0 Å². The highest BCUT2D eigenvalue weighted by atomic mass is 35.5. The number of hydrogen-bond acceptors (Lipinski definition) is 0. The van der Waals surface area contributed by atoms with Crippen LogP contribution in [0.3, 0.4) is 0 Å². The van der Waals surface area contributed by atoms with Crippen molar-refractivity contribution >= 4 is 11.6 Å². The topological polar surface area (TPSA) is 0 Å². The summed E-state index contributed by atoms with van der Waals surface area (Å²) < 4.78 is 0. The predicted molar refractivity (Wildman–Crippen MR) is 104 cm³/mol. The van der Waals surface area contributed by atoms with E-state index in [9.17, 15) is 0 Å². The van der Waals surface area contributed by atoms with Crippen LogP contribution in [0.15, 0.2) is 0 Å². The van der Waals surface area contributed by atoms with Gasteiger partial charge in [-0.2, -0.15) is 0 Å². The maximum Gasteiger partial charge on any atom is 0.0444 e. The molecule has 0 fully saturated rings. The van der Waals surface area contributed by atoms with E-state index in [0.29, 0.717) is 5.92 Å². The van der Waals surface area contributed by atoms with Crippen LogP contribution in [-0.4, -0.2) is 4.87 Å². The van der Waals surface area contributed by atoms with E-state index in [1.165, 1.54) is 89.9 Å². The SMILES string of the molecule is CCCCCCCCCCCCCCC(CC)C(C)(Cl)CC. The Kier molecular flexibility index (Phi) is 15.1. The standard InChI is InChI=1S/C21H43Cl/c1-5-8-9-10-11-12-13-14-15-16-17-18-19-20(6-2)21(4,22)7-3/h20H,5-19H2,1-4H3. The second-order valence-electron chi connectivity index (χ2n) is 7.41. The van der Waals surface area contributed by atoms with Gasteiger partial charge in [0.1, 0.15) is 0 Å². The third kappa shape index (κ3) is 11.8. The number of rotatable bonds is 16. The van der Waals surface area contributed by atoms with Gasteiger partial charge >= 0.3 is 0 Å². The van der Waals surface area contributed by atoms with Crippen LogP contribution in [0.25, 0.3) is 0 Å².